The van der Waals surface area contributed by atoms with Gasteiger partial charge < -0.3 is 20.3 Å². The van der Waals surface area contributed by atoms with Crippen molar-refractivity contribution in [2.24, 2.45) is 0 Å². The van der Waals surface area contributed by atoms with Crippen molar-refractivity contribution in [1.82, 2.24) is 0 Å². The third kappa shape index (κ3) is 8.25. The van der Waals surface area contributed by atoms with Crippen molar-refractivity contribution < 1.29 is 19.3 Å². The molecule has 23 heavy (non-hydrogen) atoms. The van der Waals surface area contributed by atoms with Gasteiger partial charge in [-0.25, -0.2) is 0 Å². The highest BCUT2D eigenvalue weighted by Gasteiger charge is 2.09. The van der Waals surface area contributed by atoms with Crippen molar-refractivity contribution in [3.05, 3.63) is 24.3 Å². The highest BCUT2D eigenvalue weighted by Crippen LogP contribution is 2.21. The second kappa shape index (κ2) is 10.7. The minimum atomic E-state index is -0.698. The SMILES string of the molecule is CCOC(=O)CCCCCC(=O)Nc1ccccc1NB(C)O. The van der Waals surface area contributed by atoms with Gasteiger partial charge in [0.25, 0.3) is 0 Å². The lowest BCUT2D eigenvalue weighted by molar-refractivity contribution is -0.143. The molecule has 1 rings (SSSR count). The number of unbranched alkanes of at least 4 members (excludes halogenated alkanes) is 2. The Morgan fingerprint density at radius 3 is 2.43 bits per heavy atom. The fraction of sp³-hybridized carbons (Fsp3) is 0.500. The Hall–Kier alpha value is -2.02. The fourth-order valence-electron chi connectivity index (χ4n) is 2.12. The number of carbonyl (C=O) groups excluding carboxylic acids is 2. The van der Waals surface area contributed by atoms with Gasteiger partial charge in [-0.2, -0.15) is 0 Å². The first-order valence-corrected chi connectivity index (χ1v) is 8.02. The number of carbonyl (C=O) groups is 2. The van der Waals surface area contributed by atoms with Crippen molar-refractivity contribution >= 4 is 30.3 Å². The van der Waals surface area contributed by atoms with Crippen molar-refractivity contribution in [3.8, 4) is 0 Å². The third-order valence-electron chi connectivity index (χ3n) is 3.16. The van der Waals surface area contributed by atoms with Gasteiger partial charge in [0.15, 0.2) is 0 Å². The van der Waals surface area contributed by atoms with Crippen molar-refractivity contribution in [3.63, 3.8) is 0 Å². The Kier molecular flexibility index (Phi) is 8.83. The number of amides is 1. The van der Waals surface area contributed by atoms with Crippen LogP contribution < -0.4 is 10.5 Å². The molecule has 0 atom stereocenters. The van der Waals surface area contributed by atoms with E-state index in [4.69, 9.17) is 4.74 Å². The summed E-state index contributed by atoms with van der Waals surface area (Å²) in [4.78, 5) is 23.1. The molecular formula is C16H25BN2O4. The minimum absolute atomic E-state index is 0.0824. The number of ether oxygens (including phenoxy) is 1. The summed E-state index contributed by atoms with van der Waals surface area (Å²) >= 11 is 0. The summed E-state index contributed by atoms with van der Waals surface area (Å²) in [5.41, 5.74) is 1.32. The predicted octanol–water partition coefficient (Wildman–Crippen LogP) is 2.66. The molecule has 0 aliphatic carbocycles. The van der Waals surface area contributed by atoms with Crippen LogP contribution >= 0.6 is 0 Å². The number of benzene rings is 1. The van der Waals surface area contributed by atoms with Crippen LogP contribution in [0.1, 0.15) is 39.0 Å². The normalized spacial score (nSPS) is 10.0. The number of para-hydroxylation sites is 2. The molecule has 0 aromatic heterocycles. The molecule has 126 valence electrons. The Morgan fingerprint density at radius 1 is 1.13 bits per heavy atom. The zero-order chi connectivity index (χ0) is 17.1. The molecule has 0 saturated carbocycles. The molecular weight excluding hydrogens is 295 g/mol. The van der Waals surface area contributed by atoms with Crippen molar-refractivity contribution in [1.29, 1.82) is 0 Å². The lowest BCUT2D eigenvalue weighted by atomic mass is 9.88. The molecule has 0 radical (unpaired) electrons. The van der Waals surface area contributed by atoms with Gasteiger partial charge in [-0.3, -0.25) is 9.59 Å². The van der Waals surface area contributed by atoms with Gasteiger partial charge in [0.05, 0.1) is 12.3 Å². The zero-order valence-electron chi connectivity index (χ0n) is 13.8. The van der Waals surface area contributed by atoms with Crippen LogP contribution in [-0.4, -0.2) is 30.6 Å². The molecule has 1 aromatic carbocycles. The molecule has 6 nitrogen and oxygen atoms in total. The Morgan fingerprint density at radius 2 is 1.78 bits per heavy atom. The van der Waals surface area contributed by atoms with Crippen LogP contribution in [-0.2, 0) is 14.3 Å². The van der Waals surface area contributed by atoms with Crippen LogP contribution in [0.2, 0.25) is 6.82 Å². The first-order chi connectivity index (χ1) is 11.0. The first kappa shape index (κ1) is 19.0. The van der Waals surface area contributed by atoms with Crippen LogP contribution in [0.4, 0.5) is 11.4 Å². The van der Waals surface area contributed by atoms with Gasteiger partial charge in [0.2, 0.25) is 5.91 Å². The van der Waals surface area contributed by atoms with Gasteiger partial charge in [0, 0.05) is 18.5 Å². The van der Waals surface area contributed by atoms with E-state index in [-0.39, 0.29) is 11.9 Å². The second-order valence-electron chi connectivity index (χ2n) is 5.28. The summed E-state index contributed by atoms with van der Waals surface area (Å²) < 4.78 is 4.85. The summed E-state index contributed by atoms with van der Waals surface area (Å²) in [6.07, 6.45) is 3.05. The molecule has 0 aliphatic heterocycles. The molecule has 0 spiro atoms. The van der Waals surface area contributed by atoms with Crippen LogP contribution in [0.3, 0.4) is 0 Å². The van der Waals surface area contributed by atoms with E-state index in [9.17, 15) is 14.6 Å². The smallest absolute Gasteiger partial charge is 0.406 e. The predicted molar refractivity (Wildman–Crippen MR) is 92.2 cm³/mol. The molecule has 0 fully saturated rings. The highest BCUT2D eigenvalue weighted by molar-refractivity contribution is 6.53. The average Bonchev–Trinajstić information content (AvgIpc) is 2.48. The molecule has 0 aliphatic rings. The maximum Gasteiger partial charge on any atom is 0.406 e. The van der Waals surface area contributed by atoms with Gasteiger partial charge >= 0.3 is 13.0 Å². The Balaban J connectivity index is 2.30. The van der Waals surface area contributed by atoms with Crippen molar-refractivity contribution in [2.45, 2.75) is 45.9 Å². The van der Waals surface area contributed by atoms with E-state index in [1.54, 1.807) is 25.9 Å². The van der Waals surface area contributed by atoms with Crippen molar-refractivity contribution in [2.75, 3.05) is 17.2 Å². The van der Waals surface area contributed by atoms with E-state index in [0.29, 0.717) is 30.8 Å². The molecule has 0 heterocycles. The lowest BCUT2D eigenvalue weighted by Crippen LogP contribution is -2.21. The Bertz CT molecular complexity index is 509. The van der Waals surface area contributed by atoms with Crippen LogP contribution in [0.25, 0.3) is 0 Å². The summed E-state index contributed by atoms with van der Waals surface area (Å²) in [7, 11) is -0.698. The van der Waals surface area contributed by atoms with Crippen LogP contribution in [0, 0.1) is 0 Å². The third-order valence-corrected chi connectivity index (χ3v) is 3.16. The molecule has 3 N–H and O–H groups in total. The summed E-state index contributed by atoms with van der Waals surface area (Å²) in [6, 6.07) is 7.23. The number of anilines is 2. The molecule has 1 aromatic rings. The summed E-state index contributed by atoms with van der Waals surface area (Å²) in [6.45, 7) is 3.80. The molecule has 0 unspecified atom stereocenters. The van der Waals surface area contributed by atoms with Gasteiger partial charge in [-0.05, 0) is 38.7 Å². The number of esters is 1. The van der Waals surface area contributed by atoms with E-state index in [1.165, 1.54) is 0 Å². The quantitative estimate of drug-likeness (QED) is 0.350. The van der Waals surface area contributed by atoms with E-state index >= 15 is 0 Å². The van der Waals surface area contributed by atoms with E-state index in [1.807, 2.05) is 12.1 Å². The molecule has 1 amide bonds. The molecule has 0 bridgehead atoms. The topological polar surface area (TPSA) is 87.7 Å². The van der Waals surface area contributed by atoms with E-state index < -0.39 is 7.05 Å². The van der Waals surface area contributed by atoms with Gasteiger partial charge in [0.1, 0.15) is 0 Å². The summed E-state index contributed by atoms with van der Waals surface area (Å²) in [5, 5.41) is 15.1. The first-order valence-electron chi connectivity index (χ1n) is 8.02. The van der Waals surface area contributed by atoms with Crippen LogP contribution in [0.15, 0.2) is 24.3 Å². The zero-order valence-corrected chi connectivity index (χ0v) is 13.8. The fourth-order valence-corrected chi connectivity index (χ4v) is 2.12. The monoisotopic (exact) mass is 320 g/mol. The highest BCUT2D eigenvalue weighted by atomic mass is 16.5. The van der Waals surface area contributed by atoms with Gasteiger partial charge in [-0.1, -0.05) is 18.6 Å². The van der Waals surface area contributed by atoms with Gasteiger partial charge in [-0.15, -0.1) is 0 Å². The second-order valence-corrected chi connectivity index (χ2v) is 5.28. The summed E-state index contributed by atoms with van der Waals surface area (Å²) in [5.74, 6) is -0.268. The van der Waals surface area contributed by atoms with E-state index in [2.05, 4.69) is 10.5 Å². The maximum absolute atomic E-state index is 12.0. The molecule has 0 saturated heterocycles. The van der Waals surface area contributed by atoms with Crippen LogP contribution in [0.5, 0.6) is 0 Å². The molecule has 7 heteroatoms. The standard InChI is InChI=1S/C16H25BN2O4/c1-3-23-16(21)12-6-4-5-11-15(20)18-13-9-7-8-10-14(13)19-17(2)22/h7-10,19,22H,3-6,11-12H2,1-2H3,(H,18,20). The number of hydrogen-bond donors (Lipinski definition) is 3. The average molecular weight is 320 g/mol. The minimum Gasteiger partial charge on any atom is -0.466 e. The maximum atomic E-state index is 12.0. The number of hydrogen-bond acceptors (Lipinski definition) is 5. The lowest BCUT2D eigenvalue weighted by Gasteiger charge is -2.13. The Labute approximate surface area is 137 Å². The van der Waals surface area contributed by atoms with E-state index in [0.717, 1.165) is 19.3 Å². The largest absolute Gasteiger partial charge is 0.466 e. The number of nitrogens with one attached hydrogen (secondary N) is 2. The number of rotatable bonds is 10.